The number of nitrogens with two attached hydrogens (primary N) is 2. The zero-order chi connectivity index (χ0) is 31.0. The fraction of sp³-hybridized carbons (Fsp3) is 0.500. The monoisotopic (exact) mass is 671 g/mol. The average Bonchev–Trinajstić information content (AvgIpc) is 3.73. The minimum atomic E-state index is -4.59. The van der Waals surface area contributed by atoms with Crippen LogP contribution in [0.4, 0.5) is 20.4 Å². The van der Waals surface area contributed by atoms with Gasteiger partial charge < -0.3 is 43.9 Å². The molecule has 0 aromatic carbocycles. The van der Waals surface area contributed by atoms with Crippen molar-refractivity contribution in [2.75, 3.05) is 24.7 Å². The summed E-state index contributed by atoms with van der Waals surface area (Å²) in [6.45, 7) is -5.92. The molecular weight excluding hydrogens is 651 g/mol. The number of ether oxygens (including phenoxy) is 2. The topological polar surface area (TPSA) is 235 Å². The van der Waals surface area contributed by atoms with Crippen LogP contribution in [-0.4, -0.2) is 96.6 Å². The number of fused-ring (bicyclic) bond motifs is 4. The van der Waals surface area contributed by atoms with Crippen LogP contribution >= 0.6 is 14.2 Å². The summed E-state index contributed by atoms with van der Waals surface area (Å²) in [5, 5.41) is 0. The van der Waals surface area contributed by atoms with Gasteiger partial charge in [-0.2, -0.15) is 0 Å². The number of hydrogen-bond donors (Lipinski definition) is 2. The first kappa shape index (κ1) is 29.9. The molecule has 18 nitrogen and oxygen atoms in total. The first-order chi connectivity index (χ1) is 20.9. The summed E-state index contributed by atoms with van der Waals surface area (Å²) in [6.07, 6.45) is -8.51. The minimum Gasteiger partial charge on any atom is -0.780 e. The number of anilines is 2. The standard InChI is InChI=1S/C20H21BF2N10O8P2S/c21-42(34)36-1-7-14(10(23)20(38-7)33-6-31-12-16(25)27-4-29-18(12)33)41-43(35,44)37-2-8-13(40-42)9(22)19(39-8)32-5-30-11-15(24)26-3-28-17(11)32/h3-10,13-14,19-20H,1-2H2,(H,35,44)(H2,24,26,28)(H2,25,27,29)/p-1/t7-,8-,9+,10?,13?,14+,19-,20-,42?,43?/m1/s1. The Bertz CT molecular complexity index is 1710. The second-order valence-electron chi connectivity index (χ2n) is 9.90. The highest BCUT2D eigenvalue weighted by molar-refractivity contribution is 8.06. The van der Waals surface area contributed by atoms with Crippen molar-refractivity contribution in [2.24, 2.45) is 0 Å². The third-order valence-corrected chi connectivity index (χ3v) is 9.78. The summed E-state index contributed by atoms with van der Waals surface area (Å²) in [5.41, 5.74) is 12.2. The molecule has 232 valence electrons. The predicted molar refractivity (Wildman–Crippen MR) is 146 cm³/mol. The second-order valence-corrected chi connectivity index (χ2v) is 14.2. The normalized spacial score (nSPS) is 38.2. The number of hydrogen-bond acceptors (Lipinski definition) is 17. The molecule has 0 amide bonds. The molecule has 7 heterocycles. The first-order valence-electron chi connectivity index (χ1n) is 12.7. The molecule has 24 heteroatoms. The van der Waals surface area contributed by atoms with E-state index < -0.39 is 76.6 Å². The predicted octanol–water partition coefficient (Wildman–Crippen LogP) is -0.0198. The third kappa shape index (κ3) is 5.18. The second kappa shape index (κ2) is 10.9. The largest absolute Gasteiger partial charge is 0.780 e. The van der Waals surface area contributed by atoms with Crippen LogP contribution in [0.2, 0.25) is 0 Å². The maximum atomic E-state index is 15.9. The molecule has 3 fully saturated rings. The van der Waals surface area contributed by atoms with E-state index in [1.165, 1.54) is 21.8 Å². The van der Waals surface area contributed by atoms with E-state index in [1.807, 2.05) is 0 Å². The fourth-order valence-corrected chi connectivity index (χ4v) is 7.62. The summed E-state index contributed by atoms with van der Waals surface area (Å²) >= 11 is 5.03. The van der Waals surface area contributed by atoms with E-state index >= 15 is 8.78 Å². The molecule has 3 aliphatic rings. The molecule has 4 aromatic rings. The Morgan fingerprint density at radius 1 is 0.841 bits per heavy atom. The van der Waals surface area contributed by atoms with E-state index in [1.54, 1.807) is 0 Å². The van der Waals surface area contributed by atoms with Crippen LogP contribution in [0.15, 0.2) is 25.3 Å². The maximum absolute atomic E-state index is 15.9. The molecule has 4 unspecified atom stereocenters. The SMILES string of the molecule is [B]P1(=O)OC[C@H]2O[C@@H](n3cnc4c(N)ncnc43)C(F)[C@H]2OP([O-])(=S)OC[C@H]2O[C@@H](n3cnc4c(N)ncnc43)[C@@H](F)C2O1. The lowest BCUT2D eigenvalue weighted by Crippen LogP contribution is -2.38. The van der Waals surface area contributed by atoms with Crippen LogP contribution in [0.3, 0.4) is 0 Å². The van der Waals surface area contributed by atoms with Crippen LogP contribution in [0.25, 0.3) is 22.3 Å². The zero-order valence-electron chi connectivity index (χ0n) is 22.0. The van der Waals surface area contributed by atoms with Crippen LogP contribution in [-0.2, 0) is 43.9 Å². The highest BCUT2D eigenvalue weighted by Crippen LogP contribution is 2.53. The Balaban J connectivity index is 1.17. The molecule has 4 N–H and O–H groups in total. The molecular formula is C20H20BF2N10O8P2S-. The van der Waals surface area contributed by atoms with Crippen molar-refractivity contribution in [3.8, 4) is 0 Å². The van der Waals surface area contributed by atoms with E-state index in [4.69, 9.17) is 58.4 Å². The number of imidazole rings is 2. The molecule has 0 bridgehead atoms. The average molecular weight is 671 g/mol. The number of halogens is 2. The number of rotatable bonds is 2. The Hall–Kier alpha value is -2.78. The van der Waals surface area contributed by atoms with Crippen molar-refractivity contribution in [1.82, 2.24) is 39.0 Å². The summed E-state index contributed by atoms with van der Waals surface area (Å²) in [5.74, 6) is 0.0785. The van der Waals surface area contributed by atoms with Crippen molar-refractivity contribution in [3.05, 3.63) is 25.3 Å². The van der Waals surface area contributed by atoms with E-state index in [0.717, 1.165) is 12.7 Å². The van der Waals surface area contributed by atoms with Gasteiger partial charge in [-0.05, 0) is 0 Å². The molecule has 4 aromatic heterocycles. The fourth-order valence-electron chi connectivity index (χ4n) is 5.19. The summed E-state index contributed by atoms with van der Waals surface area (Å²) in [7, 11) is 1.23. The van der Waals surface area contributed by atoms with Gasteiger partial charge >= 0.3 is 0 Å². The molecule has 44 heavy (non-hydrogen) atoms. The quantitative estimate of drug-likeness (QED) is 0.210. The molecule has 10 atom stereocenters. The van der Waals surface area contributed by atoms with E-state index in [0.29, 0.717) is 0 Å². The van der Waals surface area contributed by atoms with E-state index in [2.05, 4.69) is 29.9 Å². The highest BCUT2D eigenvalue weighted by atomic mass is 32.5. The molecule has 3 saturated heterocycles. The van der Waals surface area contributed by atoms with Gasteiger partial charge in [0, 0.05) is 0 Å². The van der Waals surface area contributed by atoms with E-state index in [9.17, 15) is 9.46 Å². The lowest BCUT2D eigenvalue weighted by atomic mass is 10.1. The van der Waals surface area contributed by atoms with Crippen LogP contribution in [0.1, 0.15) is 12.5 Å². The number of aromatic nitrogens is 8. The lowest BCUT2D eigenvalue weighted by molar-refractivity contribution is -0.217. The Kier molecular flexibility index (Phi) is 7.43. The molecule has 2 radical (unpaired) electrons. The van der Waals surface area contributed by atoms with Gasteiger partial charge in [0.2, 0.25) is 7.57 Å². The highest BCUT2D eigenvalue weighted by Gasteiger charge is 2.53. The van der Waals surface area contributed by atoms with Crippen LogP contribution < -0.4 is 16.4 Å². The van der Waals surface area contributed by atoms with Gasteiger partial charge in [-0.3, -0.25) is 13.7 Å². The number of alkyl halides is 2. The molecule has 7 rings (SSSR count). The Morgan fingerprint density at radius 3 is 1.84 bits per heavy atom. The molecule has 0 aliphatic carbocycles. The molecule has 3 aliphatic heterocycles. The van der Waals surface area contributed by atoms with E-state index in [-0.39, 0.29) is 34.0 Å². The van der Waals surface area contributed by atoms with Crippen molar-refractivity contribution >= 4 is 67.5 Å². The lowest BCUT2D eigenvalue weighted by Gasteiger charge is -2.35. The van der Waals surface area contributed by atoms with Gasteiger partial charge in [0.05, 0.1) is 25.9 Å². The van der Waals surface area contributed by atoms with Crippen molar-refractivity contribution < 1.29 is 45.8 Å². The Morgan fingerprint density at radius 2 is 1.32 bits per heavy atom. The van der Waals surface area contributed by atoms with Gasteiger partial charge in [-0.15, -0.1) is 0 Å². The zero-order valence-corrected chi connectivity index (χ0v) is 24.6. The number of nitrogens with zero attached hydrogens (tertiary/aromatic N) is 8. The van der Waals surface area contributed by atoms with Crippen molar-refractivity contribution in [3.63, 3.8) is 0 Å². The van der Waals surface area contributed by atoms with Crippen molar-refractivity contribution in [2.45, 2.75) is 49.2 Å². The maximum Gasteiger partial charge on any atom is 0.264 e. The third-order valence-electron chi connectivity index (χ3n) is 7.19. The van der Waals surface area contributed by atoms with Crippen LogP contribution in [0.5, 0.6) is 0 Å². The minimum absolute atomic E-state index is 0.0390. The number of nitrogen functional groups attached to an aromatic ring is 2. The molecule has 0 saturated carbocycles. The van der Waals surface area contributed by atoms with Gasteiger partial charge in [-0.25, -0.2) is 38.7 Å². The summed E-state index contributed by atoms with van der Waals surface area (Å²) in [4.78, 5) is 37.2. The van der Waals surface area contributed by atoms with Gasteiger partial charge in [0.15, 0.2) is 47.7 Å². The summed E-state index contributed by atoms with van der Waals surface area (Å²) in [6, 6.07) is 0. The molecule has 0 spiro atoms. The van der Waals surface area contributed by atoms with Gasteiger partial charge in [-0.1, -0.05) is 11.8 Å². The Labute approximate surface area is 251 Å². The smallest absolute Gasteiger partial charge is 0.264 e. The van der Waals surface area contributed by atoms with Gasteiger partial charge in [0.1, 0.15) is 54.8 Å². The van der Waals surface area contributed by atoms with Crippen molar-refractivity contribution in [1.29, 1.82) is 0 Å². The first-order valence-corrected chi connectivity index (χ1v) is 16.9. The van der Waals surface area contributed by atoms with Gasteiger partial charge in [0.25, 0.3) is 7.47 Å². The summed E-state index contributed by atoms with van der Waals surface area (Å²) < 4.78 is 80.6. The van der Waals surface area contributed by atoms with Crippen LogP contribution in [0, 0.1) is 0 Å².